The monoisotopic (exact) mass is 281 g/mol. The van der Waals surface area contributed by atoms with Crippen LogP contribution in [0, 0.1) is 0 Å². The molecule has 0 saturated heterocycles. The minimum atomic E-state index is -0.974. The molecule has 5 heteroatoms. The molecular weight excluding hydrogens is 258 g/mol. The Morgan fingerprint density at radius 3 is 2.65 bits per heavy atom. The van der Waals surface area contributed by atoms with Gasteiger partial charge in [-0.3, -0.25) is 4.79 Å². The molecule has 5 nitrogen and oxygen atoms in total. The number of rotatable bonds is 8. The number of carboxylic acids is 1. The van der Waals surface area contributed by atoms with E-state index in [1.807, 2.05) is 0 Å². The van der Waals surface area contributed by atoms with Crippen molar-refractivity contribution in [2.24, 2.45) is 0 Å². The maximum Gasteiger partial charge on any atom is 0.310 e. The van der Waals surface area contributed by atoms with Crippen LogP contribution in [0.4, 0.5) is 0 Å². The molecule has 0 aliphatic heterocycles. The zero-order chi connectivity index (χ0) is 15.1. The quantitative estimate of drug-likeness (QED) is 0.637. The molecule has 1 rings (SSSR count). The van der Waals surface area contributed by atoms with Crippen LogP contribution in [0.25, 0.3) is 0 Å². The largest absolute Gasteiger partial charge is 0.504 e. The summed E-state index contributed by atoms with van der Waals surface area (Å²) in [5.74, 6) is -1.49. The van der Waals surface area contributed by atoms with Crippen molar-refractivity contribution in [2.45, 2.75) is 39.2 Å². The van der Waals surface area contributed by atoms with Gasteiger partial charge in [0.1, 0.15) is 0 Å². The summed E-state index contributed by atoms with van der Waals surface area (Å²) >= 11 is 0. The minimum absolute atomic E-state index is 0.0841. The zero-order valence-corrected chi connectivity index (χ0v) is 12.2. The fraction of sp³-hybridized carbons (Fsp3) is 0.533. The average molecular weight is 281 g/mol. The number of hydrogen-bond acceptors (Lipinski definition) is 4. The van der Waals surface area contributed by atoms with Gasteiger partial charge in [0.2, 0.25) is 0 Å². The predicted molar refractivity (Wildman–Crippen MR) is 77.4 cm³/mol. The van der Waals surface area contributed by atoms with Crippen molar-refractivity contribution >= 4 is 5.97 Å². The summed E-state index contributed by atoms with van der Waals surface area (Å²) in [5, 5.41) is 22.3. The van der Waals surface area contributed by atoms with Crippen LogP contribution in [-0.2, 0) is 4.79 Å². The van der Waals surface area contributed by atoms with Gasteiger partial charge in [-0.15, -0.1) is 0 Å². The molecule has 112 valence electrons. The van der Waals surface area contributed by atoms with Crippen molar-refractivity contribution in [1.82, 2.24) is 5.32 Å². The summed E-state index contributed by atoms with van der Waals surface area (Å²) in [7, 11) is 0. The Morgan fingerprint density at radius 1 is 1.35 bits per heavy atom. The van der Waals surface area contributed by atoms with E-state index in [1.165, 1.54) is 6.92 Å². The Bertz CT molecular complexity index is 445. The van der Waals surface area contributed by atoms with Crippen LogP contribution in [0.1, 0.15) is 38.7 Å². The minimum Gasteiger partial charge on any atom is -0.504 e. The van der Waals surface area contributed by atoms with Gasteiger partial charge in [-0.2, -0.15) is 0 Å². The van der Waals surface area contributed by atoms with Gasteiger partial charge in [-0.25, -0.2) is 0 Å². The second-order valence-corrected chi connectivity index (χ2v) is 5.06. The van der Waals surface area contributed by atoms with Crippen molar-refractivity contribution in [3.63, 3.8) is 0 Å². The standard InChI is InChI=1S/C15H23NO4/c1-10(2)16-8-5-9-20-13-7-4-6-12(14(13)17)11(3)15(18)19/h4,6-7,10-11,16-17H,5,8-9H2,1-3H3,(H,18,19). The zero-order valence-electron chi connectivity index (χ0n) is 12.2. The van der Waals surface area contributed by atoms with Gasteiger partial charge in [0.15, 0.2) is 11.5 Å². The maximum atomic E-state index is 11.0. The summed E-state index contributed by atoms with van der Waals surface area (Å²) < 4.78 is 5.51. The van der Waals surface area contributed by atoms with Crippen LogP contribution in [0.2, 0.25) is 0 Å². The van der Waals surface area contributed by atoms with Crippen LogP contribution in [-0.4, -0.2) is 35.4 Å². The van der Waals surface area contributed by atoms with Crippen molar-refractivity contribution in [3.05, 3.63) is 23.8 Å². The Balaban J connectivity index is 2.59. The molecule has 1 aromatic rings. The molecule has 0 aliphatic rings. The van der Waals surface area contributed by atoms with Crippen LogP contribution >= 0.6 is 0 Å². The molecule has 1 aromatic carbocycles. The van der Waals surface area contributed by atoms with Gasteiger partial charge in [0.25, 0.3) is 0 Å². The van der Waals surface area contributed by atoms with E-state index in [2.05, 4.69) is 19.2 Å². The molecule has 0 radical (unpaired) electrons. The molecule has 0 aromatic heterocycles. The average Bonchev–Trinajstić information content (AvgIpc) is 2.39. The molecule has 0 spiro atoms. The lowest BCUT2D eigenvalue weighted by Gasteiger charge is -2.14. The lowest BCUT2D eigenvalue weighted by molar-refractivity contribution is -0.138. The first-order valence-electron chi connectivity index (χ1n) is 6.84. The molecule has 0 heterocycles. The predicted octanol–water partition coefficient (Wildman–Crippen LogP) is 2.35. The summed E-state index contributed by atoms with van der Waals surface area (Å²) in [6, 6.07) is 5.36. The molecule has 0 bridgehead atoms. The fourth-order valence-corrected chi connectivity index (χ4v) is 1.78. The van der Waals surface area contributed by atoms with E-state index in [1.54, 1.807) is 18.2 Å². The highest BCUT2D eigenvalue weighted by Gasteiger charge is 2.19. The first kappa shape index (κ1) is 16.3. The second kappa shape index (κ2) is 7.75. The van der Waals surface area contributed by atoms with E-state index < -0.39 is 11.9 Å². The Hall–Kier alpha value is -1.75. The number of ether oxygens (including phenoxy) is 1. The van der Waals surface area contributed by atoms with Crippen LogP contribution in [0.5, 0.6) is 11.5 Å². The number of hydrogen-bond donors (Lipinski definition) is 3. The van der Waals surface area contributed by atoms with E-state index in [9.17, 15) is 9.90 Å². The number of phenolic OH excluding ortho intramolecular Hbond substituents is 1. The van der Waals surface area contributed by atoms with Crippen molar-refractivity contribution in [2.75, 3.05) is 13.2 Å². The molecule has 0 amide bonds. The fourth-order valence-electron chi connectivity index (χ4n) is 1.78. The third-order valence-electron chi connectivity index (χ3n) is 3.00. The number of benzene rings is 1. The number of carboxylic acid groups (broad SMARTS) is 1. The first-order valence-corrected chi connectivity index (χ1v) is 6.84. The number of aromatic hydroxyl groups is 1. The lowest BCUT2D eigenvalue weighted by atomic mass is 10.00. The van der Waals surface area contributed by atoms with E-state index in [0.717, 1.165) is 13.0 Å². The third-order valence-corrected chi connectivity index (χ3v) is 3.00. The number of para-hydroxylation sites is 1. The molecule has 0 aliphatic carbocycles. The Labute approximate surface area is 119 Å². The maximum absolute atomic E-state index is 11.0. The third kappa shape index (κ3) is 4.74. The molecule has 1 unspecified atom stereocenters. The van der Waals surface area contributed by atoms with E-state index in [4.69, 9.17) is 9.84 Å². The molecular formula is C15H23NO4. The van der Waals surface area contributed by atoms with Crippen molar-refractivity contribution in [3.8, 4) is 11.5 Å². The summed E-state index contributed by atoms with van der Waals surface area (Å²) in [6.45, 7) is 6.99. The molecule has 0 saturated carbocycles. The molecule has 0 fully saturated rings. The van der Waals surface area contributed by atoms with E-state index in [0.29, 0.717) is 24.0 Å². The number of carbonyl (C=O) groups is 1. The number of phenols is 1. The van der Waals surface area contributed by atoms with Crippen LogP contribution in [0.15, 0.2) is 18.2 Å². The summed E-state index contributed by atoms with van der Waals surface area (Å²) in [6.07, 6.45) is 0.816. The van der Waals surface area contributed by atoms with E-state index in [-0.39, 0.29) is 5.75 Å². The smallest absolute Gasteiger partial charge is 0.310 e. The first-order chi connectivity index (χ1) is 9.43. The topological polar surface area (TPSA) is 78.8 Å². The van der Waals surface area contributed by atoms with Gasteiger partial charge >= 0.3 is 5.97 Å². The van der Waals surface area contributed by atoms with Gasteiger partial charge in [0, 0.05) is 11.6 Å². The SMILES string of the molecule is CC(C)NCCCOc1cccc(C(C)C(=O)O)c1O. The van der Waals surface area contributed by atoms with Gasteiger partial charge in [-0.1, -0.05) is 26.0 Å². The highest BCUT2D eigenvalue weighted by molar-refractivity contribution is 5.77. The van der Waals surface area contributed by atoms with Crippen LogP contribution in [0.3, 0.4) is 0 Å². The van der Waals surface area contributed by atoms with Gasteiger partial charge < -0.3 is 20.3 Å². The highest BCUT2D eigenvalue weighted by Crippen LogP contribution is 2.34. The summed E-state index contributed by atoms with van der Waals surface area (Å²) in [4.78, 5) is 11.0. The normalized spacial score (nSPS) is 12.4. The summed E-state index contributed by atoms with van der Waals surface area (Å²) in [5.41, 5.74) is 0.371. The molecule has 3 N–H and O–H groups in total. The Kier molecular flexibility index (Phi) is 6.31. The van der Waals surface area contributed by atoms with Crippen molar-refractivity contribution in [1.29, 1.82) is 0 Å². The Morgan fingerprint density at radius 2 is 2.05 bits per heavy atom. The lowest BCUT2D eigenvalue weighted by Crippen LogP contribution is -2.24. The number of nitrogens with one attached hydrogen (secondary N) is 1. The van der Waals surface area contributed by atoms with E-state index >= 15 is 0 Å². The molecule has 1 atom stereocenters. The van der Waals surface area contributed by atoms with Gasteiger partial charge in [-0.05, 0) is 26.0 Å². The molecule has 20 heavy (non-hydrogen) atoms. The van der Waals surface area contributed by atoms with Crippen LogP contribution < -0.4 is 10.1 Å². The van der Waals surface area contributed by atoms with Gasteiger partial charge in [0.05, 0.1) is 12.5 Å². The second-order valence-electron chi connectivity index (χ2n) is 5.06. The highest BCUT2D eigenvalue weighted by atomic mass is 16.5. The number of aliphatic carboxylic acids is 1. The van der Waals surface area contributed by atoms with Crippen molar-refractivity contribution < 1.29 is 19.7 Å².